The van der Waals surface area contributed by atoms with Gasteiger partial charge in [0.2, 0.25) is 0 Å². The zero-order valence-corrected chi connectivity index (χ0v) is 13.4. The van der Waals surface area contributed by atoms with Crippen LogP contribution in [-0.4, -0.2) is 23.3 Å². The van der Waals surface area contributed by atoms with Gasteiger partial charge in [0.05, 0.1) is 23.2 Å². The topological polar surface area (TPSA) is 27.1 Å². The van der Waals surface area contributed by atoms with Crippen molar-refractivity contribution in [2.45, 2.75) is 19.6 Å². The van der Waals surface area contributed by atoms with Crippen molar-refractivity contribution in [1.82, 2.24) is 9.55 Å². The minimum Gasteiger partial charge on any atom is -0.383 e. The number of hydrogen-bond donors (Lipinski definition) is 0. The van der Waals surface area contributed by atoms with Crippen LogP contribution in [0.1, 0.15) is 11.1 Å². The molecule has 0 radical (unpaired) electrons. The van der Waals surface area contributed by atoms with Crippen LogP contribution in [-0.2, 0) is 17.5 Å². The molecular formula is C18H17F3N2O. The maximum absolute atomic E-state index is 12.9. The number of nitrogens with zero attached hydrogens (tertiary/aromatic N) is 2. The SMILES string of the molecule is COCCn1c(-c2cccc(C)c2)nc2cc(C(F)(F)F)ccc21. The average molecular weight is 334 g/mol. The van der Waals surface area contributed by atoms with Crippen molar-refractivity contribution in [3.05, 3.63) is 53.6 Å². The van der Waals surface area contributed by atoms with Crippen molar-refractivity contribution in [1.29, 1.82) is 0 Å². The van der Waals surface area contributed by atoms with Crippen molar-refractivity contribution >= 4 is 11.0 Å². The van der Waals surface area contributed by atoms with E-state index >= 15 is 0 Å². The molecule has 1 aromatic heterocycles. The Morgan fingerprint density at radius 3 is 2.58 bits per heavy atom. The first-order valence-corrected chi connectivity index (χ1v) is 7.53. The standard InChI is InChI=1S/C18H17F3N2O/c1-12-4-3-5-13(10-12)17-22-15-11-14(18(19,20)21)6-7-16(15)23(17)8-9-24-2/h3-7,10-11H,8-9H2,1-2H3. The monoisotopic (exact) mass is 334 g/mol. The van der Waals surface area contributed by atoms with Crippen LogP contribution in [0.4, 0.5) is 13.2 Å². The minimum absolute atomic E-state index is 0.331. The molecule has 0 N–H and O–H groups in total. The molecule has 3 aromatic rings. The van der Waals surface area contributed by atoms with Gasteiger partial charge in [-0.25, -0.2) is 4.98 Å². The van der Waals surface area contributed by atoms with Gasteiger partial charge in [0.1, 0.15) is 5.82 Å². The lowest BCUT2D eigenvalue weighted by Crippen LogP contribution is -2.07. The number of aromatic nitrogens is 2. The third-order valence-corrected chi connectivity index (χ3v) is 3.87. The van der Waals surface area contributed by atoms with Crippen LogP contribution >= 0.6 is 0 Å². The molecular weight excluding hydrogens is 317 g/mol. The second-order valence-electron chi connectivity index (χ2n) is 5.65. The number of fused-ring (bicyclic) bond motifs is 1. The van der Waals surface area contributed by atoms with Gasteiger partial charge < -0.3 is 9.30 Å². The molecule has 0 saturated heterocycles. The van der Waals surface area contributed by atoms with Crippen LogP contribution in [0, 0.1) is 6.92 Å². The number of halogens is 3. The molecule has 0 aliphatic heterocycles. The van der Waals surface area contributed by atoms with E-state index in [9.17, 15) is 13.2 Å². The molecule has 0 fully saturated rings. The van der Waals surface area contributed by atoms with Crippen molar-refractivity contribution in [3.8, 4) is 11.4 Å². The Kier molecular flexibility index (Phi) is 4.32. The van der Waals surface area contributed by atoms with Crippen LogP contribution in [0.3, 0.4) is 0 Å². The Balaban J connectivity index is 2.19. The van der Waals surface area contributed by atoms with Crippen molar-refractivity contribution in [2.75, 3.05) is 13.7 Å². The van der Waals surface area contributed by atoms with Gasteiger partial charge in [-0.3, -0.25) is 0 Å². The van der Waals surface area contributed by atoms with Crippen molar-refractivity contribution in [3.63, 3.8) is 0 Å². The molecule has 1 heterocycles. The first-order chi connectivity index (χ1) is 11.4. The molecule has 2 aromatic carbocycles. The zero-order chi connectivity index (χ0) is 17.3. The summed E-state index contributed by atoms with van der Waals surface area (Å²) in [7, 11) is 1.59. The van der Waals surface area contributed by atoms with Crippen LogP contribution in [0.5, 0.6) is 0 Å². The van der Waals surface area contributed by atoms with Gasteiger partial charge in [0, 0.05) is 19.2 Å². The van der Waals surface area contributed by atoms with Gasteiger partial charge >= 0.3 is 6.18 Å². The third kappa shape index (κ3) is 3.14. The molecule has 24 heavy (non-hydrogen) atoms. The van der Waals surface area contributed by atoms with E-state index in [1.165, 1.54) is 6.07 Å². The van der Waals surface area contributed by atoms with E-state index in [2.05, 4.69) is 4.98 Å². The Morgan fingerprint density at radius 2 is 1.92 bits per heavy atom. The van der Waals surface area contributed by atoms with E-state index < -0.39 is 11.7 Å². The Morgan fingerprint density at radius 1 is 1.12 bits per heavy atom. The summed E-state index contributed by atoms with van der Waals surface area (Å²) in [6.07, 6.45) is -4.38. The molecule has 0 amide bonds. The first-order valence-electron chi connectivity index (χ1n) is 7.53. The summed E-state index contributed by atoms with van der Waals surface area (Å²) in [5.41, 5.74) is 2.24. The summed E-state index contributed by atoms with van der Waals surface area (Å²) in [6.45, 7) is 2.93. The fourth-order valence-corrected chi connectivity index (χ4v) is 2.72. The van der Waals surface area contributed by atoms with E-state index in [1.54, 1.807) is 7.11 Å². The van der Waals surface area contributed by atoms with E-state index in [4.69, 9.17) is 4.74 Å². The average Bonchev–Trinajstić information content (AvgIpc) is 2.90. The highest BCUT2D eigenvalue weighted by Gasteiger charge is 2.31. The van der Waals surface area contributed by atoms with Gasteiger partial charge in [-0.15, -0.1) is 0 Å². The smallest absolute Gasteiger partial charge is 0.383 e. The van der Waals surface area contributed by atoms with Gasteiger partial charge in [-0.2, -0.15) is 13.2 Å². The van der Waals surface area contributed by atoms with Crippen LogP contribution in [0.15, 0.2) is 42.5 Å². The first kappa shape index (κ1) is 16.5. The van der Waals surface area contributed by atoms with E-state index in [0.717, 1.165) is 23.3 Å². The summed E-state index contributed by atoms with van der Waals surface area (Å²) in [6, 6.07) is 11.4. The summed E-state index contributed by atoms with van der Waals surface area (Å²) in [5, 5.41) is 0. The number of hydrogen-bond acceptors (Lipinski definition) is 2. The predicted octanol–water partition coefficient (Wildman–Crippen LogP) is 4.68. The summed E-state index contributed by atoms with van der Waals surface area (Å²) < 4.78 is 45.9. The molecule has 0 aliphatic rings. The number of aryl methyl sites for hydroxylation is 1. The Hall–Kier alpha value is -2.34. The maximum atomic E-state index is 12.9. The fraction of sp³-hybridized carbons (Fsp3) is 0.278. The molecule has 0 spiro atoms. The lowest BCUT2D eigenvalue weighted by molar-refractivity contribution is -0.137. The van der Waals surface area contributed by atoms with E-state index in [-0.39, 0.29) is 0 Å². The quantitative estimate of drug-likeness (QED) is 0.693. The van der Waals surface area contributed by atoms with E-state index in [0.29, 0.717) is 30.0 Å². The van der Waals surface area contributed by atoms with Crippen molar-refractivity contribution < 1.29 is 17.9 Å². The number of alkyl halides is 3. The molecule has 126 valence electrons. The number of rotatable bonds is 4. The Bertz CT molecular complexity index is 868. The van der Waals surface area contributed by atoms with Gasteiger partial charge in [-0.05, 0) is 31.2 Å². The third-order valence-electron chi connectivity index (χ3n) is 3.87. The molecule has 0 aliphatic carbocycles. The normalized spacial score (nSPS) is 12.0. The molecule has 0 atom stereocenters. The fourth-order valence-electron chi connectivity index (χ4n) is 2.72. The number of methoxy groups -OCH3 is 1. The minimum atomic E-state index is -4.38. The number of imidazole rings is 1. The lowest BCUT2D eigenvalue weighted by atomic mass is 10.1. The highest BCUT2D eigenvalue weighted by Crippen LogP contribution is 2.33. The maximum Gasteiger partial charge on any atom is 0.416 e. The molecule has 0 unspecified atom stereocenters. The summed E-state index contributed by atoms with van der Waals surface area (Å²) in [4.78, 5) is 4.46. The molecule has 3 rings (SSSR count). The van der Waals surface area contributed by atoms with E-state index in [1.807, 2.05) is 35.8 Å². The predicted molar refractivity (Wildman–Crippen MR) is 86.8 cm³/mol. The largest absolute Gasteiger partial charge is 0.416 e. The number of ether oxygens (including phenoxy) is 1. The second-order valence-corrected chi connectivity index (χ2v) is 5.65. The number of benzene rings is 2. The van der Waals surface area contributed by atoms with Crippen LogP contribution in [0.2, 0.25) is 0 Å². The van der Waals surface area contributed by atoms with Gasteiger partial charge in [0.15, 0.2) is 0 Å². The summed E-state index contributed by atoms with van der Waals surface area (Å²) in [5.74, 6) is 0.644. The van der Waals surface area contributed by atoms with Crippen molar-refractivity contribution in [2.24, 2.45) is 0 Å². The Labute approximate surface area is 137 Å². The molecule has 6 heteroatoms. The zero-order valence-electron chi connectivity index (χ0n) is 13.4. The van der Waals surface area contributed by atoms with Crippen LogP contribution < -0.4 is 0 Å². The molecule has 3 nitrogen and oxygen atoms in total. The van der Waals surface area contributed by atoms with Gasteiger partial charge in [0.25, 0.3) is 0 Å². The van der Waals surface area contributed by atoms with Crippen LogP contribution in [0.25, 0.3) is 22.4 Å². The highest BCUT2D eigenvalue weighted by atomic mass is 19.4. The molecule has 0 bridgehead atoms. The second kappa shape index (κ2) is 6.28. The summed E-state index contributed by atoms with van der Waals surface area (Å²) >= 11 is 0. The lowest BCUT2D eigenvalue weighted by Gasteiger charge is -2.10. The highest BCUT2D eigenvalue weighted by molar-refractivity contribution is 5.81. The molecule has 0 saturated carbocycles. The van der Waals surface area contributed by atoms with Gasteiger partial charge in [-0.1, -0.05) is 23.8 Å².